The van der Waals surface area contributed by atoms with E-state index in [2.05, 4.69) is 10.6 Å². The molecule has 8 nitrogen and oxygen atoms in total. The van der Waals surface area contributed by atoms with Crippen molar-refractivity contribution in [3.05, 3.63) is 107 Å². The van der Waals surface area contributed by atoms with Gasteiger partial charge in [-0.15, -0.1) is 0 Å². The summed E-state index contributed by atoms with van der Waals surface area (Å²) >= 11 is 0. The maximum Gasteiger partial charge on any atom is 0.346 e. The molecular formula is C26H24N2O6. The molecule has 0 bridgehead atoms. The zero-order valence-corrected chi connectivity index (χ0v) is 18.4. The Morgan fingerprint density at radius 2 is 0.882 bits per heavy atom. The van der Waals surface area contributed by atoms with Crippen LogP contribution in [0.15, 0.2) is 84.9 Å². The molecular weight excluding hydrogens is 436 g/mol. The Balaban J connectivity index is 1.49. The zero-order valence-electron chi connectivity index (χ0n) is 18.4. The van der Waals surface area contributed by atoms with E-state index < -0.39 is 23.9 Å². The van der Waals surface area contributed by atoms with Crippen LogP contribution < -0.4 is 10.6 Å². The number of hydrogen-bond donors (Lipinski definition) is 2. The van der Waals surface area contributed by atoms with Crippen LogP contribution in [0.3, 0.4) is 0 Å². The first-order valence-electron chi connectivity index (χ1n) is 10.6. The summed E-state index contributed by atoms with van der Waals surface area (Å²) in [7, 11) is 0. The molecule has 0 unspecified atom stereocenters. The summed E-state index contributed by atoms with van der Waals surface area (Å²) in [5.74, 6) is -3.61. The molecule has 0 radical (unpaired) electrons. The topological polar surface area (TPSA) is 111 Å². The number of hydrogen-bond acceptors (Lipinski definition) is 8. The summed E-state index contributed by atoms with van der Waals surface area (Å²) in [5.41, 5.74) is 1.60. The fourth-order valence-corrected chi connectivity index (χ4v) is 3.04. The van der Waals surface area contributed by atoms with E-state index in [1.165, 1.54) is 24.3 Å². The van der Waals surface area contributed by atoms with Gasteiger partial charge >= 0.3 is 23.9 Å². The van der Waals surface area contributed by atoms with Crippen LogP contribution in [0.4, 0.5) is 0 Å². The number of carbonyl (C=O) groups is 4. The van der Waals surface area contributed by atoms with Crippen LogP contribution in [0.25, 0.3) is 0 Å². The Morgan fingerprint density at radius 1 is 0.529 bits per heavy atom. The molecule has 0 aromatic heterocycles. The van der Waals surface area contributed by atoms with Crippen LogP contribution in [0.5, 0.6) is 0 Å². The minimum absolute atomic E-state index is 0.172. The average molecular weight is 460 g/mol. The first kappa shape index (κ1) is 24.5. The van der Waals surface area contributed by atoms with E-state index in [1.807, 2.05) is 60.7 Å². The predicted octanol–water partition coefficient (Wildman–Crippen LogP) is 2.63. The Hall–Kier alpha value is -4.14. The van der Waals surface area contributed by atoms with Gasteiger partial charge in [0.25, 0.3) is 0 Å². The molecule has 34 heavy (non-hydrogen) atoms. The molecule has 3 aromatic rings. The van der Waals surface area contributed by atoms with Crippen molar-refractivity contribution in [3.63, 3.8) is 0 Å². The lowest BCUT2D eigenvalue weighted by Gasteiger charge is -2.09. The van der Waals surface area contributed by atoms with E-state index >= 15 is 0 Å². The van der Waals surface area contributed by atoms with Crippen molar-refractivity contribution in [2.75, 3.05) is 13.1 Å². The lowest BCUT2D eigenvalue weighted by atomic mass is 10.1. The molecule has 0 aliphatic rings. The smallest absolute Gasteiger partial charge is 0.346 e. The molecule has 2 N–H and O–H groups in total. The van der Waals surface area contributed by atoms with Crippen molar-refractivity contribution in [3.8, 4) is 0 Å². The molecule has 0 heterocycles. The average Bonchev–Trinajstić information content (AvgIpc) is 2.85. The molecule has 0 atom stereocenters. The molecule has 0 fully saturated rings. The van der Waals surface area contributed by atoms with Crippen LogP contribution >= 0.6 is 0 Å². The van der Waals surface area contributed by atoms with Crippen LogP contribution in [0, 0.1) is 0 Å². The van der Waals surface area contributed by atoms with E-state index in [0.29, 0.717) is 13.1 Å². The molecule has 0 aliphatic carbocycles. The molecule has 174 valence electrons. The van der Waals surface area contributed by atoms with Crippen molar-refractivity contribution in [1.82, 2.24) is 10.6 Å². The third-order valence-electron chi connectivity index (χ3n) is 4.66. The maximum atomic E-state index is 12.5. The van der Waals surface area contributed by atoms with Gasteiger partial charge in [0.05, 0.1) is 24.2 Å². The van der Waals surface area contributed by atoms with Crippen molar-refractivity contribution < 1.29 is 28.7 Å². The van der Waals surface area contributed by atoms with E-state index in [4.69, 9.17) is 9.47 Å². The second-order valence-electron chi connectivity index (χ2n) is 7.25. The Bertz CT molecular complexity index is 1040. The second-order valence-corrected chi connectivity index (χ2v) is 7.25. The SMILES string of the molecule is O=C(CNCc1ccccc1)OC(=O)c1ccccc1C(=O)OC(=O)CNCc1ccccc1. The van der Waals surface area contributed by atoms with Crippen LogP contribution in [-0.2, 0) is 32.2 Å². The molecule has 0 aliphatic heterocycles. The second kappa shape index (κ2) is 12.8. The number of carbonyl (C=O) groups excluding carboxylic acids is 4. The summed E-state index contributed by atoms with van der Waals surface area (Å²) in [5, 5.41) is 5.77. The lowest BCUT2D eigenvalue weighted by Crippen LogP contribution is -2.28. The third-order valence-corrected chi connectivity index (χ3v) is 4.66. The van der Waals surface area contributed by atoms with E-state index in [9.17, 15) is 19.2 Å². The predicted molar refractivity (Wildman–Crippen MR) is 124 cm³/mol. The number of benzene rings is 3. The van der Waals surface area contributed by atoms with Gasteiger partial charge in [-0.25, -0.2) is 9.59 Å². The first-order valence-corrected chi connectivity index (χ1v) is 10.6. The zero-order chi connectivity index (χ0) is 24.2. The maximum absolute atomic E-state index is 12.5. The summed E-state index contributed by atoms with van der Waals surface area (Å²) < 4.78 is 9.68. The van der Waals surface area contributed by atoms with E-state index in [1.54, 1.807) is 0 Å². The number of rotatable bonds is 10. The Morgan fingerprint density at radius 3 is 1.26 bits per heavy atom. The molecule has 0 amide bonds. The normalized spacial score (nSPS) is 10.4. The highest BCUT2D eigenvalue weighted by Crippen LogP contribution is 2.12. The summed E-state index contributed by atoms with van der Waals surface area (Å²) in [6.45, 7) is 0.457. The minimum atomic E-state index is -1.01. The van der Waals surface area contributed by atoms with Gasteiger partial charge in [-0.2, -0.15) is 0 Å². The van der Waals surface area contributed by atoms with Gasteiger partial charge in [-0.05, 0) is 23.3 Å². The largest absolute Gasteiger partial charge is 0.388 e. The molecule has 0 spiro atoms. The van der Waals surface area contributed by atoms with Gasteiger partial charge in [0.1, 0.15) is 0 Å². The van der Waals surface area contributed by atoms with Gasteiger partial charge in [0.15, 0.2) is 0 Å². The third kappa shape index (κ3) is 7.77. The fraction of sp³-hybridized carbons (Fsp3) is 0.154. The van der Waals surface area contributed by atoms with Crippen molar-refractivity contribution in [1.29, 1.82) is 0 Å². The monoisotopic (exact) mass is 460 g/mol. The van der Waals surface area contributed by atoms with E-state index in [0.717, 1.165) is 11.1 Å². The fourth-order valence-electron chi connectivity index (χ4n) is 3.04. The molecule has 3 rings (SSSR count). The Kier molecular flexibility index (Phi) is 9.21. The highest BCUT2D eigenvalue weighted by atomic mass is 16.6. The number of nitrogens with one attached hydrogen (secondary N) is 2. The van der Waals surface area contributed by atoms with Gasteiger partial charge < -0.3 is 20.1 Å². The summed E-state index contributed by atoms with van der Waals surface area (Å²) in [4.78, 5) is 49.0. The highest BCUT2D eigenvalue weighted by molar-refractivity contribution is 6.08. The van der Waals surface area contributed by atoms with Crippen molar-refractivity contribution in [2.24, 2.45) is 0 Å². The van der Waals surface area contributed by atoms with Crippen LogP contribution in [0.1, 0.15) is 31.8 Å². The molecule has 0 saturated heterocycles. The van der Waals surface area contributed by atoms with Gasteiger partial charge in [0.2, 0.25) is 0 Å². The number of esters is 4. The summed E-state index contributed by atoms with van der Waals surface area (Å²) in [6, 6.07) is 24.5. The molecule has 0 saturated carbocycles. The number of ether oxygens (including phenoxy) is 2. The van der Waals surface area contributed by atoms with Crippen LogP contribution in [-0.4, -0.2) is 37.0 Å². The molecule has 8 heteroatoms. The van der Waals surface area contributed by atoms with E-state index in [-0.39, 0.29) is 24.2 Å². The summed E-state index contributed by atoms with van der Waals surface area (Å²) in [6.07, 6.45) is 0. The highest BCUT2D eigenvalue weighted by Gasteiger charge is 2.22. The lowest BCUT2D eigenvalue weighted by molar-refractivity contribution is -0.138. The van der Waals surface area contributed by atoms with Crippen molar-refractivity contribution in [2.45, 2.75) is 13.1 Å². The van der Waals surface area contributed by atoms with Gasteiger partial charge in [-0.3, -0.25) is 9.59 Å². The van der Waals surface area contributed by atoms with Gasteiger partial charge in [0, 0.05) is 13.1 Å². The first-order chi connectivity index (χ1) is 16.5. The van der Waals surface area contributed by atoms with Crippen molar-refractivity contribution >= 4 is 23.9 Å². The molecule has 3 aromatic carbocycles. The Labute approximate surface area is 196 Å². The van der Waals surface area contributed by atoms with Crippen LogP contribution in [0.2, 0.25) is 0 Å². The standard InChI is InChI=1S/C26H24N2O6/c29-23(17-27-15-19-9-3-1-4-10-19)33-25(31)21-13-7-8-14-22(21)26(32)34-24(30)18-28-16-20-11-5-2-6-12-20/h1-14,27-28H,15-18H2. The quantitative estimate of drug-likeness (QED) is 0.351. The minimum Gasteiger partial charge on any atom is -0.388 e. The van der Waals surface area contributed by atoms with Gasteiger partial charge in [-0.1, -0.05) is 72.8 Å².